The molecule has 0 spiro atoms. The van der Waals surface area contributed by atoms with E-state index in [1.807, 2.05) is 7.05 Å². The van der Waals surface area contributed by atoms with Gasteiger partial charge in [-0.25, -0.2) is 0 Å². The van der Waals surface area contributed by atoms with Gasteiger partial charge in [0.2, 0.25) is 0 Å². The Kier molecular flexibility index (Phi) is 4.05. The third-order valence-electron chi connectivity index (χ3n) is 1.32. The van der Waals surface area contributed by atoms with Crippen molar-refractivity contribution in [2.75, 3.05) is 13.6 Å². The van der Waals surface area contributed by atoms with Gasteiger partial charge in [-0.15, -0.1) is 0 Å². The highest BCUT2D eigenvalue weighted by molar-refractivity contribution is 14.1. The van der Waals surface area contributed by atoms with E-state index >= 15 is 0 Å². The van der Waals surface area contributed by atoms with E-state index in [-0.39, 0.29) is 0 Å². The topological polar surface area (TPSA) is 12.0 Å². The fourth-order valence-electron chi connectivity index (χ4n) is 0.485. The van der Waals surface area contributed by atoms with Gasteiger partial charge in [-0.05, 0) is 12.5 Å². The Balaban J connectivity index is 3.59. The summed E-state index contributed by atoms with van der Waals surface area (Å²) in [5.41, 5.74) is 0.434. The van der Waals surface area contributed by atoms with Crippen LogP contribution in [0.5, 0.6) is 0 Å². The summed E-state index contributed by atoms with van der Waals surface area (Å²) in [6, 6.07) is 0. The van der Waals surface area contributed by atoms with Crippen molar-refractivity contribution in [3.05, 3.63) is 0 Å². The van der Waals surface area contributed by atoms with Crippen LogP contribution in [0.3, 0.4) is 0 Å². The predicted molar refractivity (Wildman–Crippen MR) is 51.2 cm³/mol. The lowest BCUT2D eigenvalue weighted by Gasteiger charge is -2.24. The molecule has 0 rings (SSSR count). The first-order valence-electron chi connectivity index (χ1n) is 3.27. The number of hydrogen-bond donors (Lipinski definition) is 1. The van der Waals surface area contributed by atoms with Crippen LogP contribution in [0.2, 0.25) is 0 Å². The maximum atomic E-state index is 3.17. The van der Waals surface area contributed by atoms with Crippen molar-refractivity contribution in [1.82, 2.24) is 5.32 Å². The molecular weight excluding hydrogens is 225 g/mol. The van der Waals surface area contributed by atoms with Gasteiger partial charge >= 0.3 is 0 Å². The van der Waals surface area contributed by atoms with Crippen LogP contribution in [0.15, 0.2) is 0 Å². The maximum Gasteiger partial charge on any atom is 0.0283 e. The molecule has 1 unspecified atom stereocenters. The average molecular weight is 241 g/mol. The van der Waals surface area contributed by atoms with Crippen LogP contribution in [0, 0.1) is 5.41 Å². The highest BCUT2D eigenvalue weighted by atomic mass is 127. The second-order valence-electron chi connectivity index (χ2n) is 3.39. The first-order valence-corrected chi connectivity index (χ1v) is 4.51. The van der Waals surface area contributed by atoms with Crippen molar-refractivity contribution in [2.45, 2.75) is 24.7 Å². The highest BCUT2D eigenvalue weighted by Crippen LogP contribution is 2.25. The largest absolute Gasteiger partial charge is 0.319 e. The Morgan fingerprint density at radius 1 is 1.44 bits per heavy atom. The van der Waals surface area contributed by atoms with Crippen molar-refractivity contribution in [1.29, 1.82) is 0 Å². The molecule has 0 radical (unpaired) electrons. The predicted octanol–water partition coefficient (Wildman–Crippen LogP) is 2.06. The Morgan fingerprint density at radius 3 is 2.00 bits per heavy atom. The second kappa shape index (κ2) is 3.76. The molecule has 1 nitrogen and oxygen atoms in total. The van der Waals surface area contributed by atoms with Crippen molar-refractivity contribution in [2.24, 2.45) is 5.41 Å². The van der Waals surface area contributed by atoms with Gasteiger partial charge in [0, 0.05) is 10.5 Å². The number of halogens is 1. The van der Waals surface area contributed by atoms with Crippen LogP contribution in [-0.4, -0.2) is 17.5 Å². The molecule has 0 aromatic carbocycles. The van der Waals surface area contributed by atoms with Gasteiger partial charge in [-0.3, -0.25) is 0 Å². The molecule has 0 saturated carbocycles. The van der Waals surface area contributed by atoms with Gasteiger partial charge in [-0.1, -0.05) is 43.4 Å². The summed E-state index contributed by atoms with van der Waals surface area (Å²) in [6.07, 6.45) is 0. The van der Waals surface area contributed by atoms with Crippen molar-refractivity contribution in [3.8, 4) is 0 Å². The molecule has 9 heavy (non-hydrogen) atoms. The number of rotatable bonds is 2. The van der Waals surface area contributed by atoms with E-state index in [4.69, 9.17) is 0 Å². The molecule has 0 amide bonds. The first-order chi connectivity index (χ1) is 3.98. The quantitative estimate of drug-likeness (QED) is 0.576. The van der Waals surface area contributed by atoms with Crippen LogP contribution in [0.25, 0.3) is 0 Å². The van der Waals surface area contributed by atoms with E-state index in [2.05, 4.69) is 48.7 Å². The molecule has 0 bridgehead atoms. The van der Waals surface area contributed by atoms with Crippen molar-refractivity contribution in [3.63, 3.8) is 0 Å². The summed E-state index contributed by atoms with van der Waals surface area (Å²) in [4.78, 5) is 0. The van der Waals surface area contributed by atoms with E-state index in [9.17, 15) is 0 Å². The van der Waals surface area contributed by atoms with E-state index < -0.39 is 0 Å². The number of alkyl halides is 1. The zero-order valence-electron chi connectivity index (χ0n) is 6.66. The van der Waals surface area contributed by atoms with E-state index in [0.29, 0.717) is 5.41 Å². The molecule has 1 atom stereocenters. The fourth-order valence-corrected chi connectivity index (χ4v) is 0.926. The van der Waals surface area contributed by atoms with E-state index in [1.54, 1.807) is 0 Å². The zero-order valence-corrected chi connectivity index (χ0v) is 8.82. The molecule has 2 heteroatoms. The molecule has 0 aliphatic carbocycles. The summed E-state index contributed by atoms with van der Waals surface area (Å²) >= 11 is 2.49. The maximum absolute atomic E-state index is 3.17. The van der Waals surface area contributed by atoms with Crippen LogP contribution in [0.1, 0.15) is 20.8 Å². The monoisotopic (exact) mass is 241 g/mol. The van der Waals surface area contributed by atoms with Gasteiger partial charge in [0.1, 0.15) is 0 Å². The van der Waals surface area contributed by atoms with Gasteiger partial charge in [-0.2, -0.15) is 0 Å². The van der Waals surface area contributed by atoms with Crippen molar-refractivity contribution >= 4 is 22.6 Å². The lowest BCUT2D eigenvalue weighted by molar-refractivity contribution is 0.399. The number of hydrogen-bond acceptors (Lipinski definition) is 1. The van der Waals surface area contributed by atoms with Crippen LogP contribution < -0.4 is 5.32 Å². The highest BCUT2D eigenvalue weighted by Gasteiger charge is 2.19. The Morgan fingerprint density at radius 2 is 1.89 bits per heavy atom. The van der Waals surface area contributed by atoms with Gasteiger partial charge in [0.05, 0.1) is 0 Å². The molecule has 0 heterocycles. The molecular formula is C7H16IN. The summed E-state index contributed by atoms with van der Waals surface area (Å²) in [5.74, 6) is 0. The van der Waals surface area contributed by atoms with Crippen LogP contribution in [0.4, 0.5) is 0 Å². The Labute approximate surface area is 71.7 Å². The molecule has 0 fully saturated rings. The van der Waals surface area contributed by atoms with E-state index in [1.165, 1.54) is 0 Å². The minimum atomic E-state index is 0.434. The fraction of sp³-hybridized carbons (Fsp3) is 1.00. The summed E-state index contributed by atoms with van der Waals surface area (Å²) in [7, 11) is 2.00. The third kappa shape index (κ3) is 4.14. The van der Waals surface area contributed by atoms with Crippen LogP contribution >= 0.6 is 22.6 Å². The molecule has 0 aliphatic heterocycles. The number of nitrogens with one attached hydrogen (secondary N) is 1. The molecule has 0 aliphatic rings. The van der Waals surface area contributed by atoms with E-state index in [0.717, 1.165) is 10.5 Å². The van der Waals surface area contributed by atoms with Gasteiger partial charge in [0.15, 0.2) is 0 Å². The SMILES string of the molecule is CNCC(I)C(C)(C)C. The smallest absolute Gasteiger partial charge is 0.0283 e. The molecule has 0 aromatic heterocycles. The Hall–Kier alpha value is 0.690. The molecule has 1 N–H and O–H groups in total. The van der Waals surface area contributed by atoms with Gasteiger partial charge in [0.25, 0.3) is 0 Å². The normalized spacial score (nSPS) is 15.7. The summed E-state index contributed by atoms with van der Waals surface area (Å²) in [5, 5.41) is 3.17. The van der Waals surface area contributed by atoms with Crippen molar-refractivity contribution < 1.29 is 0 Å². The third-order valence-corrected chi connectivity index (χ3v) is 3.63. The summed E-state index contributed by atoms with van der Waals surface area (Å²) < 4.78 is 0.722. The molecule has 0 aromatic rings. The second-order valence-corrected chi connectivity index (χ2v) is 4.89. The molecule has 56 valence electrons. The first kappa shape index (κ1) is 9.69. The lowest BCUT2D eigenvalue weighted by Crippen LogP contribution is -2.30. The lowest BCUT2D eigenvalue weighted by atomic mass is 9.92. The standard InChI is InChI=1S/C7H16IN/c1-7(2,3)6(8)5-9-4/h6,9H,5H2,1-4H3. The van der Waals surface area contributed by atoms with Crippen LogP contribution in [-0.2, 0) is 0 Å². The minimum Gasteiger partial charge on any atom is -0.319 e. The zero-order chi connectivity index (χ0) is 7.49. The molecule has 0 saturated heterocycles. The van der Waals surface area contributed by atoms with Gasteiger partial charge < -0.3 is 5.32 Å². The Bertz CT molecular complexity index is 75.5. The average Bonchev–Trinajstić information content (AvgIpc) is 1.64. The summed E-state index contributed by atoms with van der Waals surface area (Å²) in [6.45, 7) is 7.90. The minimum absolute atomic E-state index is 0.434.